The summed E-state index contributed by atoms with van der Waals surface area (Å²) in [5, 5.41) is 3.03. The number of nitrogens with two attached hydrogens (primary N) is 1. The minimum absolute atomic E-state index is 0.313. The predicted octanol–water partition coefficient (Wildman–Crippen LogP) is 2.17. The van der Waals surface area contributed by atoms with Crippen molar-refractivity contribution in [1.29, 1.82) is 0 Å². The fourth-order valence-electron chi connectivity index (χ4n) is 1.02. The molecule has 0 spiro atoms. The van der Waals surface area contributed by atoms with Crippen LogP contribution in [0.25, 0.3) is 0 Å². The SMILES string of the molecule is CC(NCc1ccc(Br)c(Br)c1)C(N)=O. The van der Waals surface area contributed by atoms with E-state index in [0.29, 0.717) is 6.54 Å². The third-order valence-electron chi connectivity index (χ3n) is 2.02. The lowest BCUT2D eigenvalue weighted by Gasteiger charge is -2.10. The lowest BCUT2D eigenvalue weighted by atomic mass is 10.2. The number of carbonyl (C=O) groups excluding carboxylic acids is 1. The van der Waals surface area contributed by atoms with Crippen LogP contribution in [-0.4, -0.2) is 11.9 Å². The number of amides is 1. The topological polar surface area (TPSA) is 55.1 Å². The van der Waals surface area contributed by atoms with Gasteiger partial charge in [-0.15, -0.1) is 0 Å². The molecule has 0 radical (unpaired) electrons. The molecule has 1 aromatic carbocycles. The van der Waals surface area contributed by atoms with Gasteiger partial charge in [0.2, 0.25) is 5.91 Å². The average Bonchev–Trinajstić information content (AvgIpc) is 2.19. The van der Waals surface area contributed by atoms with Crippen molar-refractivity contribution >= 4 is 37.8 Å². The first-order valence-electron chi connectivity index (χ1n) is 4.47. The molecule has 0 aliphatic rings. The van der Waals surface area contributed by atoms with Crippen LogP contribution < -0.4 is 11.1 Å². The van der Waals surface area contributed by atoms with Gasteiger partial charge in [0, 0.05) is 15.5 Å². The fraction of sp³-hybridized carbons (Fsp3) is 0.300. The Morgan fingerprint density at radius 2 is 2.13 bits per heavy atom. The Labute approximate surface area is 106 Å². The summed E-state index contributed by atoms with van der Waals surface area (Å²) in [6.45, 7) is 2.37. The molecule has 1 amide bonds. The zero-order valence-corrected chi connectivity index (χ0v) is 11.4. The third-order valence-corrected chi connectivity index (χ3v) is 3.90. The molecule has 0 heterocycles. The summed E-state index contributed by atoms with van der Waals surface area (Å²) in [6.07, 6.45) is 0. The van der Waals surface area contributed by atoms with Gasteiger partial charge in [-0.2, -0.15) is 0 Å². The number of benzene rings is 1. The van der Waals surface area contributed by atoms with Gasteiger partial charge >= 0.3 is 0 Å². The quantitative estimate of drug-likeness (QED) is 0.886. The van der Waals surface area contributed by atoms with Gasteiger partial charge in [-0.3, -0.25) is 4.79 Å². The molecular weight excluding hydrogens is 324 g/mol. The molecule has 15 heavy (non-hydrogen) atoms. The van der Waals surface area contributed by atoms with E-state index in [0.717, 1.165) is 14.5 Å². The maximum absolute atomic E-state index is 10.8. The number of hydrogen-bond donors (Lipinski definition) is 2. The second kappa shape index (κ2) is 5.63. The van der Waals surface area contributed by atoms with Crippen LogP contribution in [0.15, 0.2) is 27.1 Å². The second-order valence-corrected chi connectivity index (χ2v) is 4.96. The van der Waals surface area contributed by atoms with E-state index in [1.807, 2.05) is 18.2 Å². The smallest absolute Gasteiger partial charge is 0.234 e. The van der Waals surface area contributed by atoms with Crippen molar-refractivity contribution < 1.29 is 4.79 Å². The number of carbonyl (C=O) groups is 1. The van der Waals surface area contributed by atoms with E-state index in [4.69, 9.17) is 5.73 Å². The normalized spacial score (nSPS) is 12.5. The summed E-state index contributed by atoms with van der Waals surface area (Å²) < 4.78 is 2.00. The summed E-state index contributed by atoms with van der Waals surface area (Å²) in [5.74, 6) is -0.342. The number of nitrogens with one attached hydrogen (secondary N) is 1. The number of halogens is 2. The minimum atomic E-state index is -0.342. The Balaban J connectivity index is 2.58. The van der Waals surface area contributed by atoms with Gasteiger partial charge in [0.05, 0.1) is 6.04 Å². The first kappa shape index (κ1) is 12.7. The van der Waals surface area contributed by atoms with Gasteiger partial charge in [0.25, 0.3) is 0 Å². The maximum Gasteiger partial charge on any atom is 0.234 e. The van der Waals surface area contributed by atoms with Gasteiger partial charge in [0.1, 0.15) is 0 Å². The highest BCUT2D eigenvalue weighted by molar-refractivity contribution is 9.13. The largest absolute Gasteiger partial charge is 0.368 e. The van der Waals surface area contributed by atoms with Crippen LogP contribution in [-0.2, 0) is 11.3 Å². The molecule has 1 unspecified atom stereocenters. The summed E-state index contributed by atoms with van der Waals surface area (Å²) in [4.78, 5) is 10.8. The maximum atomic E-state index is 10.8. The fourth-order valence-corrected chi connectivity index (χ4v) is 1.69. The molecule has 0 aliphatic heterocycles. The third kappa shape index (κ3) is 3.93. The van der Waals surface area contributed by atoms with Crippen LogP contribution in [0.5, 0.6) is 0 Å². The molecule has 0 fully saturated rings. The highest BCUT2D eigenvalue weighted by Gasteiger charge is 2.07. The van der Waals surface area contributed by atoms with Crippen LogP contribution in [0, 0.1) is 0 Å². The molecule has 5 heteroatoms. The molecular formula is C10H12Br2N2O. The second-order valence-electron chi connectivity index (χ2n) is 3.25. The summed E-state index contributed by atoms with van der Waals surface area (Å²) in [7, 11) is 0. The lowest BCUT2D eigenvalue weighted by molar-refractivity contribution is -0.119. The Bertz CT molecular complexity index is 368. The van der Waals surface area contributed by atoms with Gasteiger partial charge in [-0.05, 0) is 56.5 Å². The summed E-state index contributed by atoms with van der Waals surface area (Å²) in [5.41, 5.74) is 6.23. The zero-order chi connectivity index (χ0) is 11.4. The number of rotatable bonds is 4. The molecule has 3 nitrogen and oxygen atoms in total. The van der Waals surface area contributed by atoms with Crippen molar-refractivity contribution in [2.45, 2.75) is 19.5 Å². The first-order chi connectivity index (χ1) is 7.00. The van der Waals surface area contributed by atoms with Crippen molar-refractivity contribution in [2.75, 3.05) is 0 Å². The van der Waals surface area contributed by atoms with E-state index < -0.39 is 0 Å². The van der Waals surface area contributed by atoms with Crippen LogP contribution in [0.3, 0.4) is 0 Å². The highest BCUT2D eigenvalue weighted by atomic mass is 79.9. The van der Waals surface area contributed by atoms with Crippen molar-refractivity contribution in [1.82, 2.24) is 5.32 Å². The highest BCUT2D eigenvalue weighted by Crippen LogP contribution is 2.23. The molecule has 0 bridgehead atoms. The molecule has 0 aliphatic carbocycles. The summed E-state index contributed by atoms with van der Waals surface area (Å²) in [6, 6.07) is 5.61. The molecule has 82 valence electrons. The van der Waals surface area contributed by atoms with Crippen molar-refractivity contribution in [3.8, 4) is 0 Å². The van der Waals surface area contributed by atoms with E-state index >= 15 is 0 Å². The number of hydrogen-bond acceptors (Lipinski definition) is 2. The van der Waals surface area contributed by atoms with E-state index in [9.17, 15) is 4.79 Å². The minimum Gasteiger partial charge on any atom is -0.368 e. The Morgan fingerprint density at radius 3 is 2.67 bits per heavy atom. The standard InChI is InChI=1S/C10H12Br2N2O/c1-6(10(13)15)14-5-7-2-3-8(11)9(12)4-7/h2-4,6,14H,5H2,1H3,(H2,13,15). The first-order valence-corrected chi connectivity index (χ1v) is 6.06. The van der Waals surface area contributed by atoms with E-state index in [1.54, 1.807) is 6.92 Å². The van der Waals surface area contributed by atoms with Crippen molar-refractivity contribution in [3.63, 3.8) is 0 Å². The average molecular weight is 336 g/mol. The van der Waals surface area contributed by atoms with Gasteiger partial charge in [0.15, 0.2) is 0 Å². The molecule has 1 atom stereocenters. The van der Waals surface area contributed by atoms with E-state index in [1.165, 1.54) is 0 Å². The lowest BCUT2D eigenvalue weighted by Crippen LogP contribution is -2.38. The van der Waals surface area contributed by atoms with E-state index in [-0.39, 0.29) is 11.9 Å². The Kier molecular flexibility index (Phi) is 4.76. The molecule has 1 rings (SSSR count). The molecule has 0 saturated heterocycles. The Hall–Kier alpha value is -0.390. The molecule has 1 aromatic rings. The van der Waals surface area contributed by atoms with Crippen molar-refractivity contribution in [2.24, 2.45) is 5.73 Å². The zero-order valence-electron chi connectivity index (χ0n) is 8.26. The van der Waals surface area contributed by atoms with Crippen LogP contribution in [0.4, 0.5) is 0 Å². The molecule has 0 saturated carbocycles. The van der Waals surface area contributed by atoms with Crippen LogP contribution >= 0.6 is 31.9 Å². The van der Waals surface area contributed by atoms with Crippen LogP contribution in [0.2, 0.25) is 0 Å². The predicted molar refractivity (Wildman–Crippen MR) is 67.3 cm³/mol. The van der Waals surface area contributed by atoms with Gasteiger partial charge < -0.3 is 11.1 Å². The van der Waals surface area contributed by atoms with E-state index in [2.05, 4.69) is 37.2 Å². The molecule has 0 aromatic heterocycles. The van der Waals surface area contributed by atoms with Gasteiger partial charge in [-0.25, -0.2) is 0 Å². The molecule has 3 N–H and O–H groups in total. The Morgan fingerprint density at radius 1 is 1.47 bits per heavy atom. The van der Waals surface area contributed by atoms with Crippen LogP contribution in [0.1, 0.15) is 12.5 Å². The monoisotopic (exact) mass is 334 g/mol. The van der Waals surface area contributed by atoms with Gasteiger partial charge in [-0.1, -0.05) is 6.07 Å². The van der Waals surface area contributed by atoms with Crippen molar-refractivity contribution in [3.05, 3.63) is 32.7 Å². The summed E-state index contributed by atoms with van der Waals surface area (Å²) >= 11 is 6.81. The number of primary amides is 1.